The van der Waals surface area contributed by atoms with Crippen molar-refractivity contribution in [2.24, 2.45) is 0 Å². The second kappa shape index (κ2) is 5.90. The van der Waals surface area contributed by atoms with E-state index in [-0.39, 0.29) is 11.9 Å². The molecule has 7 heteroatoms. The smallest absolute Gasteiger partial charge is 0.325 e. The van der Waals surface area contributed by atoms with Crippen molar-refractivity contribution < 1.29 is 19.4 Å². The number of likely N-dealkylation sites (N-methyl/N-ethyl adjacent to an activating group) is 1. The number of amides is 3. The van der Waals surface area contributed by atoms with Gasteiger partial charge in [0.25, 0.3) is 5.91 Å². The van der Waals surface area contributed by atoms with E-state index in [4.69, 9.17) is 4.74 Å². The first kappa shape index (κ1) is 16.2. The zero-order valence-corrected chi connectivity index (χ0v) is 13.0. The predicted molar refractivity (Wildman–Crippen MR) is 76.8 cm³/mol. The SMILES string of the molecule is CN(CCN1C(=O)NC(C)(C)C1=O)CC1(O)CCOCC1. The number of nitrogens with one attached hydrogen (secondary N) is 1. The highest BCUT2D eigenvalue weighted by Crippen LogP contribution is 2.21. The summed E-state index contributed by atoms with van der Waals surface area (Å²) in [6.45, 7) is 5.93. The van der Waals surface area contributed by atoms with Crippen LogP contribution in [0.4, 0.5) is 4.79 Å². The Hall–Kier alpha value is -1.18. The highest BCUT2D eigenvalue weighted by atomic mass is 16.5. The van der Waals surface area contributed by atoms with Crippen LogP contribution in [-0.4, -0.2) is 77.9 Å². The molecular weight excluding hydrogens is 274 g/mol. The number of carbonyl (C=O) groups is 2. The van der Waals surface area contributed by atoms with Crippen LogP contribution in [0, 0.1) is 0 Å². The standard InChI is InChI=1S/C14H25N3O4/c1-13(2)11(18)17(12(19)15-13)7-6-16(3)10-14(20)4-8-21-9-5-14/h20H,4-10H2,1-3H3,(H,15,19). The van der Waals surface area contributed by atoms with E-state index in [0.29, 0.717) is 45.7 Å². The molecule has 0 atom stereocenters. The first-order valence-corrected chi connectivity index (χ1v) is 7.36. The van der Waals surface area contributed by atoms with E-state index in [2.05, 4.69) is 5.32 Å². The summed E-state index contributed by atoms with van der Waals surface area (Å²) in [6, 6.07) is -0.344. The second-order valence-corrected chi connectivity index (χ2v) is 6.59. The van der Waals surface area contributed by atoms with Crippen LogP contribution in [0.1, 0.15) is 26.7 Å². The van der Waals surface area contributed by atoms with Gasteiger partial charge in [-0.05, 0) is 20.9 Å². The summed E-state index contributed by atoms with van der Waals surface area (Å²) in [6.07, 6.45) is 1.24. The fraction of sp³-hybridized carbons (Fsp3) is 0.857. The van der Waals surface area contributed by atoms with Gasteiger partial charge in [0.15, 0.2) is 0 Å². The summed E-state index contributed by atoms with van der Waals surface area (Å²) < 4.78 is 5.25. The minimum Gasteiger partial charge on any atom is -0.388 e. The van der Waals surface area contributed by atoms with Crippen LogP contribution in [0.25, 0.3) is 0 Å². The number of hydrogen-bond acceptors (Lipinski definition) is 5. The lowest BCUT2D eigenvalue weighted by atomic mass is 9.94. The van der Waals surface area contributed by atoms with Crippen LogP contribution in [0.15, 0.2) is 0 Å². The molecule has 3 amide bonds. The zero-order chi connectivity index (χ0) is 15.7. The van der Waals surface area contributed by atoms with Crippen LogP contribution < -0.4 is 5.32 Å². The molecule has 2 aliphatic rings. The van der Waals surface area contributed by atoms with E-state index in [0.717, 1.165) is 0 Å². The number of hydrogen-bond donors (Lipinski definition) is 2. The Morgan fingerprint density at radius 3 is 2.48 bits per heavy atom. The van der Waals surface area contributed by atoms with E-state index in [1.807, 2.05) is 11.9 Å². The maximum Gasteiger partial charge on any atom is 0.325 e. The van der Waals surface area contributed by atoms with Crippen molar-refractivity contribution >= 4 is 11.9 Å². The van der Waals surface area contributed by atoms with Gasteiger partial charge in [-0.3, -0.25) is 9.69 Å². The molecule has 2 saturated heterocycles. The normalized spacial score (nSPS) is 24.5. The van der Waals surface area contributed by atoms with Gasteiger partial charge in [-0.25, -0.2) is 4.79 Å². The Labute approximate surface area is 125 Å². The fourth-order valence-electron chi connectivity index (χ4n) is 2.78. The van der Waals surface area contributed by atoms with Crippen molar-refractivity contribution in [2.45, 2.75) is 37.8 Å². The fourth-order valence-corrected chi connectivity index (χ4v) is 2.78. The molecule has 2 fully saturated rings. The minimum absolute atomic E-state index is 0.203. The molecule has 0 radical (unpaired) electrons. The number of nitrogens with zero attached hydrogens (tertiary/aromatic N) is 2. The Balaban J connectivity index is 1.83. The molecule has 0 aliphatic carbocycles. The van der Waals surface area contributed by atoms with Crippen molar-refractivity contribution in [1.29, 1.82) is 0 Å². The second-order valence-electron chi connectivity index (χ2n) is 6.59. The number of urea groups is 1. The van der Waals surface area contributed by atoms with Crippen LogP contribution in [-0.2, 0) is 9.53 Å². The predicted octanol–water partition coefficient (Wildman–Crippen LogP) is -0.210. The van der Waals surface area contributed by atoms with Gasteiger partial charge in [0, 0.05) is 45.7 Å². The minimum atomic E-state index is -0.825. The van der Waals surface area contributed by atoms with Gasteiger partial charge in [-0.1, -0.05) is 0 Å². The highest BCUT2D eigenvalue weighted by molar-refractivity contribution is 6.06. The summed E-state index contributed by atoms with van der Waals surface area (Å²) in [5.74, 6) is -0.203. The molecule has 2 N–H and O–H groups in total. The zero-order valence-electron chi connectivity index (χ0n) is 13.0. The average Bonchev–Trinajstić information content (AvgIpc) is 2.57. The summed E-state index contributed by atoms with van der Waals surface area (Å²) in [4.78, 5) is 27.0. The van der Waals surface area contributed by atoms with Crippen LogP contribution >= 0.6 is 0 Å². The lowest BCUT2D eigenvalue weighted by Gasteiger charge is -2.35. The topological polar surface area (TPSA) is 82.1 Å². The summed E-state index contributed by atoms with van der Waals surface area (Å²) in [5.41, 5.74) is -1.56. The van der Waals surface area contributed by atoms with Crippen molar-refractivity contribution in [3.8, 4) is 0 Å². The molecular formula is C14H25N3O4. The Bertz CT molecular complexity index is 418. The molecule has 120 valence electrons. The van der Waals surface area contributed by atoms with Gasteiger partial charge in [0.1, 0.15) is 5.54 Å². The lowest BCUT2D eigenvalue weighted by molar-refractivity contribution is -0.130. The number of ether oxygens (including phenoxy) is 1. The summed E-state index contributed by atoms with van der Waals surface area (Å²) in [5, 5.41) is 13.1. The largest absolute Gasteiger partial charge is 0.388 e. The molecule has 2 rings (SSSR count). The molecule has 0 unspecified atom stereocenters. The first-order chi connectivity index (χ1) is 9.73. The summed E-state index contributed by atoms with van der Waals surface area (Å²) >= 11 is 0. The van der Waals surface area contributed by atoms with E-state index < -0.39 is 11.1 Å². The monoisotopic (exact) mass is 299 g/mol. The maximum absolute atomic E-state index is 12.1. The molecule has 0 aromatic rings. The molecule has 0 aromatic carbocycles. The third-order valence-electron chi connectivity index (χ3n) is 4.14. The third kappa shape index (κ3) is 3.72. The van der Waals surface area contributed by atoms with E-state index in [1.165, 1.54) is 4.90 Å². The van der Waals surface area contributed by atoms with Crippen molar-refractivity contribution in [1.82, 2.24) is 15.1 Å². The van der Waals surface area contributed by atoms with Crippen molar-refractivity contribution in [3.63, 3.8) is 0 Å². The third-order valence-corrected chi connectivity index (χ3v) is 4.14. The average molecular weight is 299 g/mol. The number of carbonyl (C=O) groups excluding carboxylic acids is 2. The Kier molecular flexibility index (Phi) is 4.55. The number of rotatable bonds is 5. The number of imide groups is 1. The molecule has 21 heavy (non-hydrogen) atoms. The van der Waals surface area contributed by atoms with Crippen LogP contribution in [0.2, 0.25) is 0 Å². The number of aliphatic hydroxyl groups is 1. The molecule has 7 nitrogen and oxygen atoms in total. The first-order valence-electron chi connectivity index (χ1n) is 7.36. The van der Waals surface area contributed by atoms with Gasteiger partial charge in [0.05, 0.1) is 5.60 Å². The van der Waals surface area contributed by atoms with Gasteiger partial charge in [0.2, 0.25) is 0 Å². The van der Waals surface area contributed by atoms with Crippen LogP contribution in [0.5, 0.6) is 0 Å². The molecule has 0 aromatic heterocycles. The van der Waals surface area contributed by atoms with Gasteiger partial charge in [-0.2, -0.15) is 0 Å². The summed E-state index contributed by atoms with van der Waals surface area (Å²) in [7, 11) is 1.89. The Morgan fingerprint density at radius 2 is 1.95 bits per heavy atom. The van der Waals surface area contributed by atoms with E-state index in [9.17, 15) is 14.7 Å². The Morgan fingerprint density at radius 1 is 1.33 bits per heavy atom. The molecule has 2 heterocycles. The molecule has 2 aliphatic heterocycles. The van der Waals surface area contributed by atoms with Gasteiger partial charge < -0.3 is 20.1 Å². The van der Waals surface area contributed by atoms with Crippen molar-refractivity contribution in [2.75, 3.05) is 39.9 Å². The van der Waals surface area contributed by atoms with E-state index in [1.54, 1.807) is 13.8 Å². The molecule has 0 spiro atoms. The highest BCUT2D eigenvalue weighted by Gasteiger charge is 2.44. The quantitative estimate of drug-likeness (QED) is 0.687. The van der Waals surface area contributed by atoms with Crippen LogP contribution in [0.3, 0.4) is 0 Å². The van der Waals surface area contributed by atoms with Gasteiger partial charge in [-0.15, -0.1) is 0 Å². The van der Waals surface area contributed by atoms with E-state index >= 15 is 0 Å². The van der Waals surface area contributed by atoms with Crippen molar-refractivity contribution in [3.05, 3.63) is 0 Å². The van der Waals surface area contributed by atoms with Gasteiger partial charge >= 0.3 is 6.03 Å². The molecule has 0 saturated carbocycles. The molecule has 0 bridgehead atoms. The maximum atomic E-state index is 12.1. The lowest BCUT2D eigenvalue weighted by Crippen LogP contribution is -2.48.